The quantitative estimate of drug-likeness (QED) is 0.311. The number of hydrogen-bond acceptors (Lipinski definition) is 2. The van der Waals surface area contributed by atoms with Crippen LogP contribution >= 0.6 is 11.6 Å². The first-order chi connectivity index (χ1) is 15.1. The Bertz CT molecular complexity index is 1080. The van der Waals surface area contributed by atoms with E-state index >= 15 is 0 Å². The van der Waals surface area contributed by atoms with Gasteiger partial charge in [0.2, 0.25) is 0 Å². The number of rotatable bonds is 6. The van der Waals surface area contributed by atoms with Crippen LogP contribution in [0.25, 0.3) is 10.9 Å². The Balaban J connectivity index is 1.53. The summed E-state index contributed by atoms with van der Waals surface area (Å²) in [6.45, 7) is 7.23. The molecule has 6 rings (SSSR count). The molecule has 1 N–H and O–H groups in total. The van der Waals surface area contributed by atoms with Gasteiger partial charge >= 0.3 is 0 Å². The van der Waals surface area contributed by atoms with E-state index in [1.807, 2.05) is 30.5 Å². The molecular weight excluding hydrogens is 404 g/mol. The summed E-state index contributed by atoms with van der Waals surface area (Å²) in [7, 11) is 0. The number of halogens is 1. The van der Waals surface area contributed by atoms with Crippen molar-refractivity contribution >= 4 is 22.5 Å². The molecule has 2 bridgehead atoms. The second-order valence-electron chi connectivity index (χ2n) is 9.35. The molecule has 0 aliphatic carbocycles. The van der Waals surface area contributed by atoms with Crippen LogP contribution in [0, 0.1) is 11.8 Å². The molecule has 0 radical (unpaired) electrons. The van der Waals surface area contributed by atoms with Gasteiger partial charge in [-0.1, -0.05) is 48.5 Å². The average Bonchev–Trinajstić information content (AvgIpc) is 2.83. The lowest BCUT2D eigenvalue weighted by Gasteiger charge is -2.58. The van der Waals surface area contributed by atoms with Crippen molar-refractivity contribution in [3.8, 4) is 0 Å². The van der Waals surface area contributed by atoms with Crippen LogP contribution in [0.1, 0.15) is 35.6 Å². The highest BCUT2D eigenvalue weighted by molar-refractivity contribution is 6.17. The van der Waals surface area contributed by atoms with Gasteiger partial charge in [-0.15, -0.1) is 18.2 Å². The number of benzene rings is 2. The number of alkyl halides is 1. The van der Waals surface area contributed by atoms with Gasteiger partial charge in [-0.05, 0) is 29.2 Å². The fraction of sp³-hybridized carbons (Fsp3) is 0.370. The van der Waals surface area contributed by atoms with Crippen LogP contribution in [-0.2, 0) is 12.4 Å². The summed E-state index contributed by atoms with van der Waals surface area (Å²) in [5.74, 6) is 1.68. The Morgan fingerprint density at radius 3 is 2.68 bits per heavy atom. The van der Waals surface area contributed by atoms with Crippen molar-refractivity contribution in [2.24, 2.45) is 11.8 Å². The monoisotopic (exact) mass is 433 g/mol. The summed E-state index contributed by atoms with van der Waals surface area (Å²) in [5, 5.41) is 12.8. The maximum Gasteiger partial charge on any atom is 0.131 e. The van der Waals surface area contributed by atoms with Crippen LogP contribution in [0.15, 0.2) is 73.4 Å². The molecule has 160 valence electrons. The highest BCUT2D eigenvalue weighted by Gasteiger charge is 2.53. The van der Waals surface area contributed by atoms with Crippen molar-refractivity contribution in [2.75, 3.05) is 13.1 Å². The van der Waals surface area contributed by atoms with Gasteiger partial charge in [0.15, 0.2) is 0 Å². The van der Waals surface area contributed by atoms with Gasteiger partial charge in [0, 0.05) is 41.8 Å². The summed E-state index contributed by atoms with van der Waals surface area (Å²) in [5.41, 5.74) is 4.41. The molecule has 31 heavy (non-hydrogen) atoms. The Labute approximate surface area is 189 Å². The highest BCUT2D eigenvalue weighted by atomic mass is 35.5. The lowest BCUT2D eigenvalue weighted by molar-refractivity contribution is -0.984. The van der Waals surface area contributed by atoms with Crippen LogP contribution in [0.4, 0.5) is 0 Å². The minimum Gasteiger partial charge on any atom is -0.382 e. The molecule has 0 amide bonds. The summed E-state index contributed by atoms with van der Waals surface area (Å²) < 4.78 is 0.922. The van der Waals surface area contributed by atoms with Gasteiger partial charge in [-0.25, -0.2) is 0 Å². The molecule has 3 aromatic rings. The maximum atomic E-state index is 11.8. The van der Waals surface area contributed by atoms with E-state index in [2.05, 4.69) is 48.0 Å². The van der Waals surface area contributed by atoms with E-state index < -0.39 is 6.10 Å². The molecule has 5 atom stereocenters. The topological polar surface area (TPSA) is 33.1 Å². The number of aliphatic hydroxyl groups is 1. The molecule has 3 saturated heterocycles. The first-order valence-electron chi connectivity index (χ1n) is 11.3. The van der Waals surface area contributed by atoms with Crippen molar-refractivity contribution in [2.45, 2.75) is 37.4 Å². The molecule has 0 spiro atoms. The zero-order chi connectivity index (χ0) is 21.4. The fourth-order valence-corrected chi connectivity index (χ4v) is 6.24. The smallest absolute Gasteiger partial charge is 0.131 e. The number of hydrogen-bond donors (Lipinski definition) is 1. The van der Waals surface area contributed by atoms with Crippen molar-refractivity contribution in [3.05, 3.63) is 90.1 Å². The number of aromatic nitrogens is 1. The van der Waals surface area contributed by atoms with Crippen molar-refractivity contribution in [3.63, 3.8) is 0 Å². The molecular formula is C27H30ClN2O+. The van der Waals surface area contributed by atoms with E-state index in [0.717, 1.165) is 52.6 Å². The molecule has 1 aromatic heterocycles. The van der Waals surface area contributed by atoms with Crippen LogP contribution in [-0.4, -0.2) is 33.7 Å². The molecule has 2 aromatic carbocycles. The highest BCUT2D eigenvalue weighted by Crippen LogP contribution is 2.48. The van der Waals surface area contributed by atoms with Crippen LogP contribution < -0.4 is 0 Å². The number of aliphatic hydroxyl groups excluding tert-OH is 1. The van der Waals surface area contributed by atoms with Crippen molar-refractivity contribution in [1.29, 1.82) is 0 Å². The van der Waals surface area contributed by atoms with Crippen LogP contribution in [0.2, 0.25) is 0 Å². The minimum atomic E-state index is -0.511. The number of pyridine rings is 1. The fourth-order valence-electron chi connectivity index (χ4n) is 6.06. The summed E-state index contributed by atoms with van der Waals surface area (Å²) in [6.07, 6.45) is 5.71. The number of para-hydroxylation sites is 1. The standard InChI is InChI=1S/C27H30ClN2O/c1-2-21-18-30(17-20-9-7-19(16-28)8-10-20)14-12-22(21)15-26(30)27(31)24-11-13-29-25-6-4-3-5-23(24)25/h2-11,13,21-22,26-27,31H,1,12,14-18H2/q+1/t21-,22-,26-,27+,30+/m0/s1. The number of piperidine rings is 3. The Hall–Kier alpha value is -2.20. The summed E-state index contributed by atoms with van der Waals surface area (Å²) in [6, 6.07) is 19.0. The maximum absolute atomic E-state index is 11.8. The van der Waals surface area contributed by atoms with Gasteiger partial charge in [-0.2, -0.15) is 0 Å². The second kappa shape index (κ2) is 8.38. The number of nitrogens with zero attached hydrogens (tertiary/aromatic N) is 2. The molecule has 4 heterocycles. The molecule has 4 heteroatoms. The SMILES string of the molecule is C=C[C@H]1C[N@+]2(Cc3ccc(CCl)cc3)CC[C@H]1C[C@H]2[C@H](O)c1ccnc2ccccc12. The zero-order valence-electron chi connectivity index (χ0n) is 17.8. The summed E-state index contributed by atoms with van der Waals surface area (Å²) in [4.78, 5) is 4.50. The predicted molar refractivity (Wildman–Crippen MR) is 127 cm³/mol. The lowest BCUT2D eigenvalue weighted by atomic mass is 9.71. The molecule has 3 nitrogen and oxygen atoms in total. The second-order valence-corrected chi connectivity index (χ2v) is 9.61. The van der Waals surface area contributed by atoms with Gasteiger partial charge in [-0.3, -0.25) is 4.98 Å². The predicted octanol–water partition coefficient (Wildman–Crippen LogP) is 5.62. The van der Waals surface area contributed by atoms with E-state index in [9.17, 15) is 5.11 Å². The van der Waals surface area contributed by atoms with E-state index in [0.29, 0.717) is 17.7 Å². The Morgan fingerprint density at radius 1 is 1.13 bits per heavy atom. The van der Waals surface area contributed by atoms with E-state index in [1.54, 1.807) is 0 Å². The summed E-state index contributed by atoms with van der Waals surface area (Å²) >= 11 is 6.00. The van der Waals surface area contributed by atoms with Gasteiger partial charge in [0.1, 0.15) is 18.7 Å². The van der Waals surface area contributed by atoms with E-state index in [4.69, 9.17) is 11.6 Å². The molecule has 0 saturated carbocycles. The van der Waals surface area contributed by atoms with Gasteiger partial charge < -0.3 is 9.59 Å². The first kappa shape index (κ1) is 20.7. The average molecular weight is 434 g/mol. The van der Waals surface area contributed by atoms with E-state index in [1.165, 1.54) is 12.0 Å². The molecule has 0 unspecified atom stereocenters. The minimum absolute atomic E-state index is 0.174. The molecule has 3 aliphatic heterocycles. The van der Waals surface area contributed by atoms with E-state index in [-0.39, 0.29) is 6.04 Å². The molecule has 3 aliphatic rings. The third kappa shape index (κ3) is 3.69. The van der Waals surface area contributed by atoms with Crippen molar-refractivity contribution < 1.29 is 9.59 Å². The zero-order valence-corrected chi connectivity index (χ0v) is 18.6. The molecule has 3 fully saturated rings. The number of fused-ring (bicyclic) bond motifs is 4. The van der Waals surface area contributed by atoms with Crippen molar-refractivity contribution in [1.82, 2.24) is 4.98 Å². The number of quaternary nitrogens is 1. The van der Waals surface area contributed by atoms with Crippen LogP contribution in [0.5, 0.6) is 0 Å². The lowest BCUT2D eigenvalue weighted by Crippen LogP contribution is -2.67. The van der Waals surface area contributed by atoms with Gasteiger partial charge in [0.25, 0.3) is 0 Å². The Kier molecular flexibility index (Phi) is 5.60. The largest absolute Gasteiger partial charge is 0.382 e. The first-order valence-corrected chi connectivity index (χ1v) is 11.8. The van der Waals surface area contributed by atoms with Gasteiger partial charge in [0.05, 0.1) is 18.6 Å². The Morgan fingerprint density at radius 2 is 1.90 bits per heavy atom. The normalized spacial score (nSPS) is 28.5. The van der Waals surface area contributed by atoms with Crippen LogP contribution in [0.3, 0.4) is 0 Å². The third-order valence-corrected chi connectivity index (χ3v) is 8.02. The third-order valence-electron chi connectivity index (χ3n) is 7.72.